The number of methoxy groups -OCH3 is 2. The molecule has 8 aromatic rings. The lowest BCUT2D eigenvalue weighted by molar-refractivity contribution is 0.110. The lowest BCUT2D eigenvalue weighted by atomic mass is 9.99. The zero-order chi connectivity index (χ0) is 45.6. The molecule has 1 fully saturated rings. The predicted molar refractivity (Wildman–Crippen MR) is 249 cm³/mol. The van der Waals surface area contributed by atoms with Gasteiger partial charge in [0, 0.05) is 90.2 Å². The quantitative estimate of drug-likeness (QED) is 0.111. The number of hydrogen-bond acceptors (Lipinski definition) is 14. The van der Waals surface area contributed by atoms with Gasteiger partial charge < -0.3 is 37.4 Å². The molecule has 0 saturated carbocycles. The van der Waals surface area contributed by atoms with Gasteiger partial charge in [0.1, 0.15) is 33.8 Å². The fraction of sp³-hybridized carbons (Fsp3) is 0.280. The van der Waals surface area contributed by atoms with Gasteiger partial charge in [-0.2, -0.15) is 0 Å². The number of ether oxygens (including phenoxy) is 2. The number of aromatic hydroxyl groups is 2. The number of nitrogens with zero attached hydrogens (tertiary/aromatic N) is 2. The van der Waals surface area contributed by atoms with E-state index in [1.54, 1.807) is 74.9 Å². The first-order valence-electron chi connectivity index (χ1n) is 21.3. The molecule has 14 nitrogen and oxygen atoms in total. The summed E-state index contributed by atoms with van der Waals surface area (Å²) in [6.45, 7) is 4.78. The Labute approximate surface area is 376 Å². The Morgan fingerprint density at radius 1 is 0.600 bits per heavy atom. The first-order chi connectivity index (χ1) is 31.5. The van der Waals surface area contributed by atoms with Crippen molar-refractivity contribution in [1.82, 2.24) is 9.80 Å². The molecule has 4 aromatic carbocycles. The third-order valence-electron chi connectivity index (χ3n) is 11.6. The summed E-state index contributed by atoms with van der Waals surface area (Å²) in [5, 5.41) is 24.2. The summed E-state index contributed by atoms with van der Waals surface area (Å²) in [7, 11) is 3.23. The zero-order valence-electron chi connectivity index (χ0n) is 35.9. The minimum atomic E-state index is -0.628. The van der Waals surface area contributed by atoms with Gasteiger partial charge >= 0.3 is 22.5 Å². The number of likely N-dealkylation sites (tertiary alicyclic amines) is 1. The van der Waals surface area contributed by atoms with Gasteiger partial charge in [-0.1, -0.05) is 42.6 Å². The topological polar surface area (TPSA) is 186 Å². The number of hydrogen-bond donors (Lipinski definition) is 2. The largest absolute Gasteiger partial charge is 0.507 e. The average Bonchev–Trinajstić information content (AvgIpc) is 3.57. The van der Waals surface area contributed by atoms with E-state index in [-0.39, 0.29) is 28.2 Å². The standard InChI is InChI=1S/C25H22ClNO5.C25H25NO7/c26-16-5-8-22-15(11-16)12-19(25(30)31-22)18-13-23(29)32-24-17(18)6-7-21(28)20(24)14-27-9-3-1-2-4-10-27;1-30-11-9-26(10-12-31-2)15-20-21(27)8-7-17-18(14-23(28)33-24(17)20)19-13-16-5-3-4-6-22(16)32-25(19)29/h5-8,11-13,28H,1-4,9-10,14H2;3-8,13-14,27H,9-12,15H2,1-2H3. The molecule has 0 spiro atoms. The molecule has 0 amide bonds. The van der Waals surface area contributed by atoms with Crippen molar-refractivity contribution in [3.8, 4) is 33.8 Å². The summed E-state index contributed by atoms with van der Waals surface area (Å²) >= 11 is 6.10. The fourth-order valence-electron chi connectivity index (χ4n) is 8.28. The van der Waals surface area contributed by atoms with Crippen LogP contribution in [0.1, 0.15) is 36.8 Å². The fourth-order valence-corrected chi connectivity index (χ4v) is 8.46. The number of halogens is 1. The highest BCUT2D eigenvalue weighted by molar-refractivity contribution is 6.31. The van der Waals surface area contributed by atoms with E-state index in [4.69, 9.17) is 38.7 Å². The Bertz CT molecular complexity index is 3250. The van der Waals surface area contributed by atoms with E-state index in [1.165, 1.54) is 31.0 Å². The van der Waals surface area contributed by atoms with Crippen molar-refractivity contribution < 1.29 is 37.4 Å². The maximum atomic E-state index is 12.8. The van der Waals surface area contributed by atoms with Gasteiger partial charge in [-0.15, -0.1) is 0 Å². The van der Waals surface area contributed by atoms with Gasteiger partial charge in [-0.3, -0.25) is 9.80 Å². The van der Waals surface area contributed by atoms with Crippen LogP contribution in [0.25, 0.3) is 66.1 Å². The highest BCUT2D eigenvalue weighted by Crippen LogP contribution is 2.36. The molecule has 1 aliphatic rings. The van der Waals surface area contributed by atoms with Crippen LogP contribution in [0, 0.1) is 0 Å². The van der Waals surface area contributed by atoms with Crippen molar-refractivity contribution >= 4 is 55.5 Å². The molecule has 15 heteroatoms. The molecule has 0 unspecified atom stereocenters. The molecule has 0 radical (unpaired) electrons. The summed E-state index contributed by atoms with van der Waals surface area (Å²) in [4.78, 5) is 54.9. The summed E-state index contributed by atoms with van der Waals surface area (Å²) in [5.74, 6) is 0.0626. The van der Waals surface area contributed by atoms with Crippen molar-refractivity contribution in [3.63, 3.8) is 0 Å². The van der Waals surface area contributed by atoms with Gasteiger partial charge in [-0.05, 0) is 86.6 Å². The van der Waals surface area contributed by atoms with E-state index < -0.39 is 22.5 Å². The Balaban J connectivity index is 0.000000177. The Morgan fingerprint density at radius 3 is 1.74 bits per heavy atom. The molecule has 2 N–H and O–H groups in total. The first kappa shape index (κ1) is 45.0. The average molecular weight is 903 g/mol. The van der Waals surface area contributed by atoms with Crippen molar-refractivity contribution in [2.75, 3.05) is 53.6 Å². The predicted octanol–water partition coefficient (Wildman–Crippen LogP) is 8.67. The van der Waals surface area contributed by atoms with Crippen LogP contribution in [0.2, 0.25) is 5.02 Å². The minimum Gasteiger partial charge on any atom is -0.507 e. The van der Waals surface area contributed by atoms with E-state index in [2.05, 4.69) is 4.90 Å². The monoisotopic (exact) mass is 902 g/mol. The van der Waals surface area contributed by atoms with Crippen LogP contribution in [0.15, 0.2) is 128 Å². The summed E-state index contributed by atoms with van der Waals surface area (Å²) in [5.41, 5.74) is 1.34. The number of para-hydroxylation sites is 1. The van der Waals surface area contributed by atoms with E-state index >= 15 is 0 Å². The van der Waals surface area contributed by atoms with Crippen LogP contribution in [-0.4, -0.2) is 73.6 Å². The number of fused-ring (bicyclic) bond motifs is 4. The zero-order valence-corrected chi connectivity index (χ0v) is 36.7. The third-order valence-corrected chi connectivity index (χ3v) is 11.8. The van der Waals surface area contributed by atoms with Crippen LogP contribution in [0.4, 0.5) is 0 Å². The van der Waals surface area contributed by atoms with Gasteiger partial charge in [0.05, 0.1) is 35.5 Å². The van der Waals surface area contributed by atoms with Gasteiger partial charge in [0.25, 0.3) is 0 Å². The molecule has 9 rings (SSSR count). The second-order valence-electron chi connectivity index (χ2n) is 15.9. The molecular formula is C50H47ClN2O12. The maximum absolute atomic E-state index is 12.8. The van der Waals surface area contributed by atoms with Crippen molar-refractivity contribution in [2.45, 2.75) is 38.8 Å². The molecule has 65 heavy (non-hydrogen) atoms. The minimum absolute atomic E-state index is 0.00632. The van der Waals surface area contributed by atoms with Crippen molar-refractivity contribution in [1.29, 1.82) is 0 Å². The highest BCUT2D eigenvalue weighted by atomic mass is 35.5. The summed E-state index contributed by atoms with van der Waals surface area (Å²) in [6.07, 6.45) is 4.58. The Morgan fingerprint density at radius 2 is 1.14 bits per heavy atom. The molecular weight excluding hydrogens is 856 g/mol. The lowest BCUT2D eigenvalue weighted by Gasteiger charge is -2.22. The van der Waals surface area contributed by atoms with Crippen molar-refractivity contribution in [3.05, 3.63) is 149 Å². The van der Waals surface area contributed by atoms with Gasteiger partial charge in [0.15, 0.2) is 0 Å². The second kappa shape index (κ2) is 20.1. The van der Waals surface area contributed by atoms with Gasteiger partial charge in [0.2, 0.25) is 0 Å². The normalized spacial score (nSPS) is 13.4. The third kappa shape index (κ3) is 10.1. The number of phenolic OH excluding ortho intramolecular Hbond substituents is 2. The Kier molecular flexibility index (Phi) is 13.9. The first-order valence-corrected chi connectivity index (χ1v) is 21.7. The number of rotatable bonds is 12. The van der Waals surface area contributed by atoms with Crippen LogP contribution in [0.3, 0.4) is 0 Å². The van der Waals surface area contributed by atoms with E-state index in [0.717, 1.165) is 31.3 Å². The Hall–Kier alpha value is -6.55. The number of benzene rings is 4. The summed E-state index contributed by atoms with van der Waals surface area (Å²) < 4.78 is 32.4. The van der Waals surface area contributed by atoms with Crippen molar-refractivity contribution in [2.24, 2.45) is 0 Å². The smallest absolute Gasteiger partial charge is 0.344 e. The van der Waals surface area contributed by atoms with Crippen LogP contribution < -0.4 is 22.5 Å². The number of phenols is 2. The maximum Gasteiger partial charge on any atom is 0.344 e. The molecule has 1 saturated heterocycles. The molecule has 0 aliphatic carbocycles. The lowest BCUT2D eigenvalue weighted by Crippen LogP contribution is -2.30. The molecule has 0 atom stereocenters. The molecule has 0 bridgehead atoms. The van der Waals surface area contributed by atoms with E-state index in [0.29, 0.717) is 99.6 Å². The van der Waals surface area contributed by atoms with Gasteiger partial charge in [-0.25, -0.2) is 19.2 Å². The molecule has 4 aromatic heterocycles. The van der Waals surface area contributed by atoms with E-state index in [1.807, 2.05) is 17.0 Å². The molecule has 1 aliphatic heterocycles. The second-order valence-corrected chi connectivity index (χ2v) is 16.3. The van der Waals surface area contributed by atoms with Crippen LogP contribution in [-0.2, 0) is 22.6 Å². The van der Waals surface area contributed by atoms with E-state index in [9.17, 15) is 29.4 Å². The highest BCUT2D eigenvalue weighted by Gasteiger charge is 2.22. The SMILES string of the molecule is COCCN(CCOC)Cc1c(O)ccc2c(-c3cc4ccccc4oc3=O)cc(=O)oc12.O=c1cc(-c2cc3cc(Cl)ccc3oc2=O)c2ccc(O)c(CN3CCCCCC3)c2o1. The molecule has 336 valence electrons. The van der Waals surface area contributed by atoms with Crippen LogP contribution in [0.5, 0.6) is 11.5 Å². The van der Waals surface area contributed by atoms with Crippen LogP contribution >= 0.6 is 11.6 Å². The molecule has 5 heterocycles. The summed E-state index contributed by atoms with van der Waals surface area (Å²) in [6, 6.07) is 24.5.